The van der Waals surface area contributed by atoms with Crippen LogP contribution in [0.15, 0.2) is 59.1 Å². The number of nitrogens with zero attached hydrogens (tertiary/aromatic N) is 1. The average molecular weight is 344 g/mol. The number of hydrogen-bond donors (Lipinski definition) is 0. The van der Waals surface area contributed by atoms with Crippen LogP contribution in [-0.2, 0) is 4.74 Å². The lowest BCUT2D eigenvalue weighted by Crippen LogP contribution is -2.22. The third kappa shape index (κ3) is 3.93. The molecule has 4 heteroatoms. The Balaban J connectivity index is 2.11. The smallest absolute Gasteiger partial charge is 0.339 e. The number of carbonyl (C=O) groups is 1. The summed E-state index contributed by atoms with van der Waals surface area (Å²) in [4.78, 5) is 12.1. The number of benzene rings is 2. The minimum Gasteiger partial charge on any atom is -0.443 e. The molecule has 0 amide bonds. The Bertz CT molecular complexity index is 647. The standard InChI is InChI=1S/C17H14BrNO2/c1-12(13-5-3-2-4-6-13)16(11-19)21-17(20)14-7-9-15(18)10-8-14/h2-10,12,16H,1H3/t12-,16-/m1/s1. The molecule has 2 rings (SSSR count). The summed E-state index contributed by atoms with van der Waals surface area (Å²) in [5, 5.41) is 9.26. The third-order valence-corrected chi connectivity index (χ3v) is 3.75. The topological polar surface area (TPSA) is 50.1 Å². The lowest BCUT2D eigenvalue weighted by atomic mass is 9.96. The van der Waals surface area contributed by atoms with Crippen LogP contribution >= 0.6 is 15.9 Å². The Labute approximate surface area is 132 Å². The van der Waals surface area contributed by atoms with E-state index in [9.17, 15) is 10.1 Å². The number of halogens is 1. The van der Waals surface area contributed by atoms with Crippen molar-refractivity contribution in [3.63, 3.8) is 0 Å². The van der Waals surface area contributed by atoms with Crippen molar-refractivity contribution in [2.24, 2.45) is 0 Å². The summed E-state index contributed by atoms with van der Waals surface area (Å²) in [6, 6.07) is 18.5. The SMILES string of the molecule is C[C@H](c1ccccc1)[C@@H](C#N)OC(=O)c1ccc(Br)cc1. The normalized spacial score (nSPS) is 13.0. The van der Waals surface area contributed by atoms with Crippen molar-refractivity contribution in [1.82, 2.24) is 0 Å². The van der Waals surface area contributed by atoms with Gasteiger partial charge in [-0.2, -0.15) is 5.26 Å². The molecule has 0 N–H and O–H groups in total. The van der Waals surface area contributed by atoms with Crippen molar-refractivity contribution >= 4 is 21.9 Å². The first kappa shape index (κ1) is 15.3. The number of hydrogen-bond acceptors (Lipinski definition) is 3. The fourth-order valence-corrected chi connectivity index (χ4v) is 2.21. The number of carbonyl (C=O) groups excluding carboxylic acids is 1. The molecule has 0 bridgehead atoms. The van der Waals surface area contributed by atoms with Gasteiger partial charge in [-0.1, -0.05) is 53.2 Å². The van der Waals surface area contributed by atoms with Gasteiger partial charge in [-0.05, 0) is 29.8 Å². The van der Waals surface area contributed by atoms with Gasteiger partial charge in [-0.3, -0.25) is 0 Å². The molecule has 0 heterocycles. The summed E-state index contributed by atoms with van der Waals surface area (Å²) in [5.74, 6) is -0.674. The van der Waals surface area contributed by atoms with Gasteiger partial charge in [0.15, 0.2) is 6.10 Å². The van der Waals surface area contributed by atoms with Crippen LogP contribution in [0.1, 0.15) is 28.8 Å². The van der Waals surface area contributed by atoms with E-state index in [1.807, 2.05) is 37.3 Å². The Hall–Kier alpha value is -2.12. The first-order valence-corrected chi connectivity index (χ1v) is 7.32. The minimum absolute atomic E-state index is 0.185. The maximum atomic E-state index is 12.1. The molecule has 0 spiro atoms. The Morgan fingerprint density at radius 1 is 1.14 bits per heavy atom. The van der Waals surface area contributed by atoms with Crippen molar-refractivity contribution in [2.45, 2.75) is 18.9 Å². The summed E-state index contributed by atoms with van der Waals surface area (Å²) >= 11 is 3.31. The molecule has 0 aliphatic rings. The third-order valence-electron chi connectivity index (χ3n) is 3.22. The summed E-state index contributed by atoms with van der Waals surface area (Å²) < 4.78 is 6.21. The molecule has 2 atom stereocenters. The molecule has 0 unspecified atom stereocenters. The number of nitriles is 1. The molecule has 0 aliphatic heterocycles. The van der Waals surface area contributed by atoms with Gasteiger partial charge in [0.1, 0.15) is 6.07 Å². The van der Waals surface area contributed by atoms with E-state index in [0.717, 1.165) is 10.0 Å². The lowest BCUT2D eigenvalue weighted by Gasteiger charge is -2.18. The van der Waals surface area contributed by atoms with Gasteiger partial charge < -0.3 is 4.74 Å². The highest BCUT2D eigenvalue weighted by atomic mass is 79.9. The maximum absolute atomic E-state index is 12.1. The van der Waals surface area contributed by atoms with Gasteiger partial charge >= 0.3 is 5.97 Å². The van der Waals surface area contributed by atoms with Gasteiger partial charge in [-0.15, -0.1) is 0 Å². The predicted octanol–water partition coefficient (Wildman–Crippen LogP) is 4.30. The quantitative estimate of drug-likeness (QED) is 0.777. The maximum Gasteiger partial charge on any atom is 0.339 e. The molecular formula is C17H14BrNO2. The first-order valence-electron chi connectivity index (χ1n) is 6.53. The van der Waals surface area contributed by atoms with Gasteiger partial charge in [0.25, 0.3) is 0 Å². The van der Waals surface area contributed by atoms with E-state index in [-0.39, 0.29) is 5.92 Å². The van der Waals surface area contributed by atoms with Crippen molar-refractivity contribution in [3.05, 3.63) is 70.2 Å². The van der Waals surface area contributed by atoms with Crippen LogP contribution in [-0.4, -0.2) is 12.1 Å². The molecule has 2 aromatic rings. The predicted molar refractivity (Wildman–Crippen MR) is 83.8 cm³/mol. The fraction of sp³-hybridized carbons (Fsp3) is 0.176. The summed E-state index contributed by atoms with van der Waals surface area (Å²) in [7, 11) is 0. The molecule has 0 saturated heterocycles. The van der Waals surface area contributed by atoms with Crippen LogP contribution in [0.25, 0.3) is 0 Å². The van der Waals surface area contributed by atoms with Crippen LogP contribution in [0.5, 0.6) is 0 Å². The summed E-state index contributed by atoms with van der Waals surface area (Å²) in [6.45, 7) is 1.87. The van der Waals surface area contributed by atoms with Crippen LogP contribution in [0.3, 0.4) is 0 Å². The molecule has 0 fully saturated rings. The van der Waals surface area contributed by atoms with Gasteiger partial charge in [-0.25, -0.2) is 4.79 Å². The summed E-state index contributed by atoms with van der Waals surface area (Å²) in [5.41, 5.74) is 1.39. The van der Waals surface area contributed by atoms with E-state index < -0.39 is 12.1 Å². The van der Waals surface area contributed by atoms with Crippen molar-refractivity contribution in [3.8, 4) is 6.07 Å². The number of rotatable bonds is 4. The zero-order valence-electron chi connectivity index (χ0n) is 11.5. The molecule has 0 aromatic heterocycles. The van der Waals surface area contributed by atoms with E-state index in [4.69, 9.17) is 4.74 Å². The monoisotopic (exact) mass is 343 g/mol. The van der Waals surface area contributed by atoms with Crippen LogP contribution in [0.2, 0.25) is 0 Å². The zero-order valence-corrected chi connectivity index (χ0v) is 13.1. The fourth-order valence-electron chi connectivity index (χ4n) is 1.94. The molecule has 3 nitrogen and oxygen atoms in total. The molecule has 0 radical (unpaired) electrons. The van der Waals surface area contributed by atoms with Gasteiger partial charge in [0.05, 0.1) is 5.56 Å². The van der Waals surface area contributed by atoms with E-state index in [2.05, 4.69) is 22.0 Å². The molecular weight excluding hydrogens is 330 g/mol. The van der Waals surface area contributed by atoms with Gasteiger partial charge in [0, 0.05) is 10.4 Å². The zero-order chi connectivity index (χ0) is 15.2. The van der Waals surface area contributed by atoms with Crippen molar-refractivity contribution in [2.75, 3.05) is 0 Å². The molecule has 0 saturated carbocycles. The largest absolute Gasteiger partial charge is 0.443 e. The van der Waals surface area contributed by atoms with Crippen LogP contribution in [0.4, 0.5) is 0 Å². The lowest BCUT2D eigenvalue weighted by molar-refractivity contribution is 0.0368. The highest BCUT2D eigenvalue weighted by Gasteiger charge is 2.23. The van der Waals surface area contributed by atoms with E-state index in [0.29, 0.717) is 5.56 Å². The highest BCUT2D eigenvalue weighted by Crippen LogP contribution is 2.22. The Morgan fingerprint density at radius 3 is 2.33 bits per heavy atom. The first-order chi connectivity index (χ1) is 10.1. The van der Waals surface area contributed by atoms with Crippen LogP contribution in [0, 0.1) is 11.3 Å². The second kappa shape index (κ2) is 7.05. The Morgan fingerprint density at radius 2 is 1.76 bits per heavy atom. The Kier molecular flexibility index (Phi) is 5.13. The molecule has 106 valence electrons. The minimum atomic E-state index is -0.816. The van der Waals surface area contributed by atoms with Gasteiger partial charge in [0.2, 0.25) is 0 Å². The molecule has 21 heavy (non-hydrogen) atoms. The van der Waals surface area contributed by atoms with Crippen LogP contribution < -0.4 is 0 Å². The van der Waals surface area contributed by atoms with E-state index in [1.165, 1.54) is 0 Å². The second-order valence-corrected chi connectivity index (χ2v) is 5.58. The highest BCUT2D eigenvalue weighted by molar-refractivity contribution is 9.10. The average Bonchev–Trinajstić information content (AvgIpc) is 2.53. The van der Waals surface area contributed by atoms with Crippen molar-refractivity contribution < 1.29 is 9.53 Å². The number of esters is 1. The van der Waals surface area contributed by atoms with E-state index >= 15 is 0 Å². The summed E-state index contributed by atoms with van der Waals surface area (Å²) in [6.07, 6.45) is -0.816. The molecule has 0 aliphatic carbocycles. The second-order valence-electron chi connectivity index (χ2n) is 4.66. The number of ether oxygens (including phenoxy) is 1. The molecule has 2 aromatic carbocycles. The van der Waals surface area contributed by atoms with Crippen molar-refractivity contribution in [1.29, 1.82) is 5.26 Å². The van der Waals surface area contributed by atoms with E-state index in [1.54, 1.807) is 24.3 Å².